The molecular weight excluding hydrogens is 274 g/mol. The molecule has 0 aliphatic heterocycles. The van der Waals surface area contributed by atoms with Gasteiger partial charge in [0.2, 0.25) is 0 Å². The summed E-state index contributed by atoms with van der Waals surface area (Å²) in [5.41, 5.74) is 3.06. The Bertz CT molecular complexity index is 627. The van der Waals surface area contributed by atoms with Crippen molar-refractivity contribution in [2.45, 2.75) is 61.4 Å². The lowest BCUT2D eigenvalue weighted by atomic mass is 10.1. The van der Waals surface area contributed by atoms with E-state index in [-0.39, 0.29) is 5.78 Å². The largest absolute Gasteiger partial charge is 0.313 e. The van der Waals surface area contributed by atoms with Crippen LogP contribution in [0.25, 0.3) is 11.2 Å². The van der Waals surface area contributed by atoms with Crippen molar-refractivity contribution in [3.8, 4) is 0 Å². The van der Waals surface area contributed by atoms with Crippen molar-refractivity contribution in [1.29, 1.82) is 0 Å². The standard InChI is InChI=1S/C12H17N3.C6H12O/c1-8(2)7-15-10(4)14-11-6-5-9(3)13-12(11)15;1-5(2)4-6(3)7/h5-6,8H,7H2,1-4H3;5H,4H2,1-3H3. The van der Waals surface area contributed by atoms with Crippen LogP contribution < -0.4 is 0 Å². The van der Waals surface area contributed by atoms with Crippen LogP contribution in [-0.4, -0.2) is 20.3 Å². The van der Waals surface area contributed by atoms with Crippen molar-refractivity contribution in [3.05, 3.63) is 23.7 Å². The van der Waals surface area contributed by atoms with E-state index in [1.54, 1.807) is 6.92 Å². The van der Waals surface area contributed by atoms with E-state index < -0.39 is 0 Å². The van der Waals surface area contributed by atoms with Gasteiger partial charge in [0.15, 0.2) is 5.65 Å². The minimum absolute atomic E-state index is 0.287. The number of pyridine rings is 1. The Morgan fingerprint density at radius 2 is 1.73 bits per heavy atom. The quantitative estimate of drug-likeness (QED) is 0.845. The zero-order chi connectivity index (χ0) is 16.9. The number of carbonyl (C=O) groups is 1. The summed E-state index contributed by atoms with van der Waals surface area (Å²) in [7, 11) is 0. The van der Waals surface area contributed by atoms with E-state index in [0.717, 1.165) is 35.6 Å². The first-order valence-corrected chi connectivity index (χ1v) is 8.00. The van der Waals surface area contributed by atoms with E-state index in [1.807, 2.05) is 39.8 Å². The van der Waals surface area contributed by atoms with Crippen LogP contribution in [0.3, 0.4) is 0 Å². The first-order chi connectivity index (χ1) is 10.2. The van der Waals surface area contributed by atoms with Gasteiger partial charge in [0.25, 0.3) is 0 Å². The number of rotatable bonds is 4. The smallest absolute Gasteiger partial charge is 0.160 e. The number of carbonyl (C=O) groups excluding carboxylic acids is 1. The Balaban J connectivity index is 0.000000295. The number of Topliss-reactive ketones (excluding diaryl/α,β-unsaturated/α-hetero) is 1. The average molecular weight is 303 g/mol. The van der Waals surface area contributed by atoms with Crippen LogP contribution in [0.15, 0.2) is 12.1 Å². The van der Waals surface area contributed by atoms with E-state index in [4.69, 9.17) is 0 Å². The Labute approximate surface area is 134 Å². The van der Waals surface area contributed by atoms with Gasteiger partial charge >= 0.3 is 0 Å². The minimum atomic E-state index is 0.287. The summed E-state index contributed by atoms with van der Waals surface area (Å²) in [5, 5.41) is 0. The third-order valence-corrected chi connectivity index (χ3v) is 3.17. The molecule has 2 rings (SSSR count). The average Bonchev–Trinajstić information content (AvgIpc) is 2.64. The maximum absolute atomic E-state index is 10.3. The van der Waals surface area contributed by atoms with Crippen LogP contribution >= 0.6 is 0 Å². The lowest BCUT2D eigenvalue weighted by Gasteiger charge is -2.08. The van der Waals surface area contributed by atoms with Gasteiger partial charge < -0.3 is 9.36 Å². The van der Waals surface area contributed by atoms with Crippen molar-refractivity contribution < 1.29 is 4.79 Å². The summed E-state index contributed by atoms with van der Waals surface area (Å²) in [4.78, 5) is 19.3. The van der Waals surface area contributed by atoms with Gasteiger partial charge in [0.1, 0.15) is 17.1 Å². The van der Waals surface area contributed by atoms with Crippen LogP contribution in [0.4, 0.5) is 0 Å². The van der Waals surface area contributed by atoms with Gasteiger partial charge in [-0.1, -0.05) is 27.7 Å². The Kier molecular flexibility index (Phi) is 6.72. The molecule has 2 aromatic rings. The van der Waals surface area contributed by atoms with Crippen LogP contribution in [0.1, 0.15) is 52.6 Å². The molecule has 0 fully saturated rings. The number of nitrogens with zero attached hydrogens (tertiary/aromatic N) is 3. The van der Waals surface area contributed by atoms with Gasteiger partial charge in [-0.2, -0.15) is 0 Å². The Morgan fingerprint density at radius 1 is 1.09 bits per heavy atom. The molecule has 2 heterocycles. The molecule has 122 valence electrons. The number of hydrogen-bond donors (Lipinski definition) is 0. The number of ketones is 1. The molecule has 0 aromatic carbocycles. The Hall–Kier alpha value is -1.71. The maximum atomic E-state index is 10.3. The van der Waals surface area contributed by atoms with Crippen molar-refractivity contribution in [3.63, 3.8) is 0 Å². The number of aryl methyl sites for hydroxylation is 2. The zero-order valence-corrected chi connectivity index (χ0v) is 15.0. The zero-order valence-electron chi connectivity index (χ0n) is 15.0. The van der Waals surface area contributed by atoms with Gasteiger partial charge in [0.05, 0.1) is 0 Å². The van der Waals surface area contributed by atoms with Crippen molar-refractivity contribution >= 4 is 16.9 Å². The predicted octanol–water partition coefficient (Wildman–Crippen LogP) is 4.33. The predicted molar refractivity (Wildman–Crippen MR) is 92.0 cm³/mol. The van der Waals surface area contributed by atoms with E-state index in [0.29, 0.717) is 11.8 Å². The van der Waals surface area contributed by atoms with Gasteiger partial charge in [-0.25, -0.2) is 9.97 Å². The maximum Gasteiger partial charge on any atom is 0.160 e. The minimum Gasteiger partial charge on any atom is -0.313 e. The second kappa shape index (κ2) is 8.06. The van der Waals surface area contributed by atoms with Gasteiger partial charge in [-0.3, -0.25) is 0 Å². The third kappa shape index (κ3) is 5.58. The molecule has 0 aliphatic carbocycles. The molecule has 0 saturated carbocycles. The molecule has 2 aromatic heterocycles. The second-order valence-electron chi connectivity index (χ2n) is 6.76. The van der Waals surface area contributed by atoms with E-state index in [1.165, 1.54) is 0 Å². The highest BCUT2D eigenvalue weighted by molar-refractivity contribution is 5.75. The summed E-state index contributed by atoms with van der Waals surface area (Å²) >= 11 is 0. The lowest BCUT2D eigenvalue weighted by Crippen LogP contribution is -2.07. The SMILES string of the molecule is CC(=O)CC(C)C.Cc1ccc2nc(C)n(CC(C)C)c2n1. The van der Waals surface area contributed by atoms with Crippen LogP contribution in [0, 0.1) is 25.7 Å². The fraction of sp³-hybridized carbons (Fsp3) is 0.611. The normalized spacial score (nSPS) is 11.0. The molecule has 0 bridgehead atoms. The molecule has 0 N–H and O–H groups in total. The Morgan fingerprint density at radius 3 is 2.18 bits per heavy atom. The molecule has 0 aliphatic rings. The summed E-state index contributed by atoms with van der Waals surface area (Å²) in [6.45, 7) is 15.2. The molecule has 0 radical (unpaired) electrons. The fourth-order valence-corrected chi connectivity index (χ4v) is 2.37. The molecule has 4 heteroatoms. The number of hydrogen-bond acceptors (Lipinski definition) is 3. The molecule has 0 unspecified atom stereocenters. The highest BCUT2D eigenvalue weighted by Gasteiger charge is 2.09. The second-order valence-corrected chi connectivity index (χ2v) is 6.76. The summed E-state index contributed by atoms with van der Waals surface area (Å²) < 4.78 is 2.20. The van der Waals surface area contributed by atoms with Crippen molar-refractivity contribution in [2.24, 2.45) is 11.8 Å². The summed E-state index contributed by atoms with van der Waals surface area (Å²) in [6.07, 6.45) is 0.722. The molecule has 0 spiro atoms. The van der Waals surface area contributed by atoms with Crippen LogP contribution in [-0.2, 0) is 11.3 Å². The third-order valence-electron chi connectivity index (χ3n) is 3.17. The topological polar surface area (TPSA) is 47.8 Å². The monoisotopic (exact) mass is 303 g/mol. The van der Waals surface area contributed by atoms with Crippen molar-refractivity contribution in [2.75, 3.05) is 0 Å². The lowest BCUT2D eigenvalue weighted by molar-refractivity contribution is -0.117. The molecule has 4 nitrogen and oxygen atoms in total. The van der Waals surface area contributed by atoms with Crippen LogP contribution in [0.5, 0.6) is 0 Å². The molecule has 0 atom stereocenters. The van der Waals surface area contributed by atoms with Crippen LogP contribution in [0.2, 0.25) is 0 Å². The van der Waals surface area contributed by atoms with Gasteiger partial charge in [0, 0.05) is 18.7 Å². The fourth-order valence-electron chi connectivity index (χ4n) is 2.37. The number of fused-ring (bicyclic) bond motifs is 1. The molecule has 0 amide bonds. The highest BCUT2D eigenvalue weighted by Crippen LogP contribution is 2.15. The summed E-state index contributed by atoms with van der Waals surface area (Å²) in [6, 6.07) is 4.05. The first kappa shape index (κ1) is 18.3. The number of aromatic nitrogens is 3. The van der Waals surface area contributed by atoms with Crippen molar-refractivity contribution in [1.82, 2.24) is 14.5 Å². The molecule has 22 heavy (non-hydrogen) atoms. The molecule has 0 saturated heterocycles. The van der Waals surface area contributed by atoms with E-state index >= 15 is 0 Å². The van der Waals surface area contributed by atoms with E-state index in [9.17, 15) is 4.79 Å². The molecular formula is C18H29N3O. The summed E-state index contributed by atoms with van der Waals surface area (Å²) in [5.74, 6) is 2.48. The van der Waals surface area contributed by atoms with E-state index in [2.05, 4.69) is 28.4 Å². The first-order valence-electron chi connectivity index (χ1n) is 8.00. The van der Waals surface area contributed by atoms with Gasteiger partial charge in [-0.05, 0) is 44.7 Å². The van der Waals surface area contributed by atoms with Gasteiger partial charge in [-0.15, -0.1) is 0 Å². The number of imidazole rings is 1. The highest BCUT2D eigenvalue weighted by atomic mass is 16.1.